The molecule has 21 heavy (non-hydrogen) atoms. The van der Waals surface area contributed by atoms with Crippen molar-refractivity contribution in [2.24, 2.45) is 0 Å². The van der Waals surface area contributed by atoms with Crippen LogP contribution in [0.2, 0.25) is 0 Å². The Morgan fingerprint density at radius 2 is 2.05 bits per heavy atom. The number of aryl methyl sites for hydroxylation is 1. The lowest BCUT2D eigenvalue weighted by Gasteiger charge is -2.08. The molecule has 2 aromatic heterocycles. The van der Waals surface area contributed by atoms with Crippen molar-refractivity contribution in [3.63, 3.8) is 0 Å². The number of rotatable bonds is 4. The van der Waals surface area contributed by atoms with E-state index in [-0.39, 0.29) is 5.91 Å². The number of hydrogen-bond acceptors (Lipinski definition) is 3. The first-order chi connectivity index (χ1) is 10.2. The van der Waals surface area contributed by atoms with E-state index in [4.69, 9.17) is 0 Å². The summed E-state index contributed by atoms with van der Waals surface area (Å²) in [5.41, 5.74) is 1.79. The van der Waals surface area contributed by atoms with Crippen molar-refractivity contribution in [1.82, 2.24) is 9.55 Å². The number of carbonyl (C=O) groups is 1. The minimum absolute atomic E-state index is 0.134. The summed E-state index contributed by atoms with van der Waals surface area (Å²) in [4.78, 5) is 17.6. The van der Waals surface area contributed by atoms with Gasteiger partial charge in [0.1, 0.15) is 5.69 Å². The highest BCUT2D eigenvalue weighted by Crippen LogP contribution is 2.18. The second kappa shape index (κ2) is 5.93. The molecule has 2 heterocycles. The molecule has 5 heteroatoms. The third kappa shape index (κ3) is 3.20. The summed E-state index contributed by atoms with van der Waals surface area (Å²) >= 11 is 1.47. The molecule has 1 aromatic carbocycles. The summed E-state index contributed by atoms with van der Waals surface area (Å²) in [6, 6.07) is 13.8. The number of thiazole rings is 1. The van der Waals surface area contributed by atoms with Gasteiger partial charge < -0.3 is 4.57 Å². The zero-order valence-electron chi connectivity index (χ0n) is 11.6. The normalized spacial score (nSPS) is 10.5. The molecule has 3 rings (SSSR count). The van der Waals surface area contributed by atoms with Gasteiger partial charge in [-0.3, -0.25) is 10.1 Å². The molecule has 0 aliphatic carbocycles. The van der Waals surface area contributed by atoms with Crippen molar-refractivity contribution in [2.75, 3.05) is 5.32 Å². The first-order valence-electron chi connectivity index (χ1n) is 6.65. The number of anilines is 1. The zero-order valence-corrected chi connectivity index (χ0v) is 12.4. The van der Waals surface area contributed by atoms with E-state index < -0.39 is 0 Å². The third-order valence-electron chi connectivity index (χ3n) is 3.10. The Morgan fingerprint density at radius 1 is 1.24 bits per heavy atom. The fourth-order valence-electron chi connectivity index (χ4n) is 2.11. The average molecular weight is 297 g/mol. The Morgan fingerprint density at radius 3 is 2.76 bits per heavy atom. The Kier molecular flexibility index (Phi) is 3.83. The van der Waals surface area contributed by atoms with Crippen molar-refractivity contribution in [3.8, 4) is 0 Å². The van der Waals surface area contributed by atoms with Gasteiger partial charge >= 0.3 is 0 Å². The summed E-state index contributed by atoms with van der Waals surface area (Å²) in [5.74, 6) is -0.134. The molecule has 4 nitrogen and oxygen atoms in total. The number of aromatic nitrogens is 2. The maximum atomic E-state index is 12.3. The molecule has 0 spiro atoms. The van der Waals surface area contributed by atoms with E-state index in [1.165, 1.54) is 11.3 Å². The van der Waals surface area contributed by atoms with Gasteiger partial charge in [0.15, 0.2) is 5.13 Å². The lowest BCUT2D eigenvalue weighted by Crippen LogP contribution is -2.17. The van der Waals surface area contributed by atoms with Gasteiger partial charge in [0.25, 0.3) is 5.91 Å². The molecule has 0 radical (unpaired) electrons. The van der Waals surface area contributed by atoms with E-state index in [2.05, 4.69) is 10.3 Å². The highest BCUT2D eigenvalue weighted by Gasteiger charge is 2.12. The molecule has 0 atom stereocenters. The Labute approximate surface area is 127 Å². The Balaban J connectivity index is 1.77. The van der Waals surface area contributed by atoms with E-state index in [9.17, 15) is 4.79 Å². The van der Waals surface area contributed by atoms with Crippen LogP contribution in [0.1, 0.15) is 20.9 Å². The number of carbonyl (C=O) groups excluding carboxylic acids is 1. The predicted molar refractivity (Wildman–Crippen MR) is 84.8 cm³/mol. The molecule has 0 saturated heterocycles. The lowest BCUT2D eigenvalue weighted by molar-refractivity contribution is 0.101. The molecule has 106 valence electrons. The molecule has 0 unspecified atom stereocenters. The maximum absolute atomic E-state index is 12.3. The molecule has 1 amide bonds. The minimum Gasteiger partial charge on any atom is -0.339 e. The average Bonchev–Trinajstić information content (AvgIpc) is 3.09. The maximum Gasteiger partial charge on any atom is 0.274 e. The fraction of sp³-hybridized carbons (Fsp3) is 0.125. The highest BCUT2D eigenvalue weighted by molar-refractivity contribution is 7.15. The van der Waals surface area contributed by atoms with Crippen LogP contribution in [-0.4, -0.2) is 15.5 Å². The molecule has 0 aliphatic heterocycles. The smallest absolute Gasteiger partial charge is 0.274 e. The summed E-state index contributed by atoms with van der Waals surface area (Å²) in [7, 11) is 0. The molecular weight excluding hydrogens is 282 g/mol. The van der Waals surface area contributed by atoms with Crippen molar-refractivity contribution in [3.05, 3.63) is 71.0 Å². The first kappa shape index (κ1) is 13.6. The van der Waals surface area contributed by atoms with E-state index in [0.717, 1.165) is 10.4 Å². The summed E-state index contributed by atoms with van der Waals surface area (Å²) in [5, 5.41) is 3.47. The zero-order chi connectivity index (χ0) is 14.7. The largest absolute Gasteiger partial charge is 0.339 e. The van der Waals surface area contributed by atoms with Crippen LogP contribution < -0.4 is 5.32 Å². The van der Waals surface area contributed by atoms with Crippen LogP contribution in [0.15, 0.2) is 54.9 Å². The van der Waals surface area contributed by atoms with Gasteiger partial charge in [-0.1, -0.05) is 30.3 Å². The Hall–Kier alpha value is -2.40. The van der Waals surface area contributed by atoms with Crippen molar-refractivity contribution in [2.45, 2.75) is 13.5 Å². The molecule has 0 aliphatic rings. The SMILES string of the molecule is Cc1cnc(NC(=O)c2cccn2Cc2ccccc2)s1. The van der Waals surface area contributed by atoms with Crippen molar-refractivity contribution >= 4 is 22.4 Å². The van der Waals surface area contributed by atoms with Gasteiger partial charge in [-0.15, -0.1) is 11.3 Å². The van der Waals surface area contributed by atoms with E-state index in [0.29, 0.717) is 17.4 Å². The highest BCUT2D eigenvalue weighted by atomic mass is 32.1. The first-order valence-corrected chi connectivity index (χ1v) is 7.47. The van der Waals surface area contributed by atoms with E-state index in [1.54, 1.807) is 6.20 Å². The molecule has 3 aromatic rings. The number of benzene rings is 1. The number of amides is 1. The summed E-state index contributed by atoms with van der Waals surface area (Å²) in [6.07, 6.45) is 3.66. The second-order valence-electron chi connectivity index (χ2n) is 4.74. The molecule has 0 fully saturated rings. The lowest BCUT2D eigenvalue weighted by atomic mass is 10.2. The molecular formula is C16H15N3OS. The van der Waals surface area contributed by atoms with Crippen LogP contribution in [0, 0.1) is 6.92 Å². The minimum atomic E-state index is -0.134. The number of hydrogen-bond donors (Lipinski definition) is 1. The second-order valence-corrected chi connectivity index (χ2v) is 5.97. The van der Waals surface area contributed by atoms with E-state index in [1.807, 2.05) is 60.2 Å². The van der Waals surface area contributed by atoms with Gasteiger partial charge in [0.05, 0.1) is 0 Å². The van der Waals surface area contributed by atoms with Gasteiger partial charge in [0.2, 0.25) is 0 Å². The van der Waals surface area contributed by atoms with Crippen LogP contribution in [0.5, 0.6) is 0 Å². The van der Waals surface area contributed by atoms with Crippen molar-refractivity contribution in [1.29, 1.82) is 0 Å². The van der Waals surface area contributed by atoms with Crippen LogP contribution in [-0.2, 0) is 6.54 Å². The topological polar surface area (TPSA) is 46.9 Å². The van der Waals surface area contributed by atoms with Gasteiger partial charge in [0, 0.05) is 23.8 Å². The van der Waals surface area contributed by atoms with Crippen molar-refractivity contribution < 1.29 is 4.79 Å². The number of nitrogens with zero attached hydrogens (tertiary/aromatic N) is 2. The van der Waals surface area contributed by atoms with Gasteiger partial charge in [-0.2, -0.15) is 0 Å². The molecule has 0 saturated carbocycles. The molecule has 1 N–H and O–H groups in total. The molecule has 0 bridgehead atoms. The van der Waals surface area contributed by atoms with Crippen LogP contribution in [0.4, 0.5) is 5.13 Å². The monoisotopic (exact) mass is 297 g/mol. The van der Waals surface area contributed by atoms with Crippen LogP contribution in [0.25, 0.3) is 0 Å². The summed E-state index contributed by atoms with van der Waals surface area (Å²) in [6.45, 7) is 2.64. The van der Waals surface area contributed by atoms with Gasteiger partial charge in [-0.05, 0) is 24.6 Å². The third-order valence-corrected chi connectivity index (χ3v) is 3.93. The Bertz CT molecular complexity index is 746. The van der Waals surface area contributed by atoms with Gasteiger partial charge in [-0.25, -0.2) is 4.98 Å². The standard InChI is InChI=1S/C16H15N3OS/c1-12-10-17-16(21-12)18-15(20)14-8-5-9-19(14)11-13-6-3-2-4-7-13/h2-10H,11H2,1H3,(H,17,18,20). The number of nitrogens with one attached hydrogen (secondary N) is 1. The van der Waals surface area contributed by atoms with Crippen LogP contribution >= 0.6 is 11.3 Å². The van der Waals surface area contributed by atoms with Crippen LogP contribution in [0.3, 0.4) is 0 Å². The predicted octanol–water partition coefficient (Wildman–Crippen LogP) is 3.55. The fourth-order valence-corrected chi connectivity index (χ4v) is 2.77. The quantitative estimate of drug-likeness (QED) is 0.800. The summed E-state index contributed by atoms with van der Waals surface area (Å²) < 4.78 is 1.94. The van der Waals surface area contributed by atoms with E-state index >= 15 is 0 Å².